The number of halogens is 12. The fraction of sp³-hybridized carbons (Fsp3) is 0.500. The molecular weight excluding hydrogens is 695 g/mol. The third kappa shape index (κ3) is 29.8. The zero-order valence-corrected chi connectivity index (χ0v) is 20.0. The Morgan fingerprint density at radius 3 is 0.680 bits per heavy atom. The summed E-state index contributed by atoms with van der Waals surface area (Å²) in [6.45, 7) is 11.0. The van der Waals surface area contributed by atoms with Crippen molar-refractivity contribution in [1.29, 1.82) is 0 Å². The van der Waals surface area contributed by atoms with Crippen molar-refractivity contribution in [2.75, 3.05) is 0 Å². The molecule has 0 radical (unpaired) electrons. The number of hydrogen-bond donors (Lipinski definition) is 0. The van der Waals surface area contributed by atoms with Crippen molar-refractivity contribution < 1.29 is 53.2 Å². The largest absolute Gasteiger partial charge is 3.00 e. The Hall–Kier alpha value is 0.770. The van der Waals surface area contributed by atoms with Crippen molar-refractivity contribution in [3.63, 3.8) is 0 Å². The van der Waals surface area contributed by atoms with Gasteiger partial charge < -0.3 is 0 Å². The van der Waals surface area contributed by atoms with Crippen LogP contribution in [0, 0.1) is 34.6 Å². The molecule has 0 aromatic heterocycles. The molecular formula is C10H15F12RhSb2. The molecule has 0 atom stereocenters. The summed E-state index contributed by atoms with van der Waals surface area (Å²) < 4.78 is 119. The second kappa shape index (κ2) is 6.68. The summed E-state index contributed by atoms with van der Waals surface area (Å²) in [6, 6.07) is 0. The van der Waals surface area contributed by atoms with Crippen LogP contribution in [0.4, 0.5) is 33.8 Å². The number of hydrogen-bond acceptors (Lipinski definition) is 0. The van der Waals surface area contributed by atoms with Gasteiger partial charge in [-0.3, -0.25) is 0 Å². The Labute approximate surface area is 153 Å². The van der Waals surface area contributed by atoms with Crippen molar-refractivity contribution in [3.8, 4) is 0 Å². The van der Waals surface area contributed by atoms with E-state index in [1.54, 1.807) is 0 Å². The molecule has 25 heavy (non-hydrogen) atoms. The van der Waals surface area contributed by atoms with Gasteiger partial charge >= 0.3 is 92.2 Å². The molecule has 1 rings (SSSR count). The average Bonchev–Trinajstić information content (AvgIpc) is 2.27. The molecule has 0 nitrogen and oxygen atoms in total. The smallest absolute Gasteiger partial charge is 3.00 e. The Bertz CT molecular complexity index is 472. The van der Waals surface area contributed by atoms with Gasteiger partial charge in [0, 0.05) is 0 Å². The van der Waals surface area contributed by atoms with E-state index in [4.69, 9.17) is 0 Å². The Balaban J connectivity index is -0.000000293. The molecule has 1 aromatic carbocycles. The van der Waals surface area contributed by atoms with Crippen LogP contribution in [0.1, 0.15) is 27.8 Å². The van der Waals surface area contributed by atoms with Crippen LogP contribution < -0.4 is 0 Å². The Kier molecular flexibility index (Phi) is 8.15. The molecule has 0 saturated heterocycles. The molecule has 0 aliphatic carbocycles. The van der Waals surface area contributed by atoms with Gasteiger partial charge in [0.1, 0.15) is 0 Å². The first kappa shape index (κ1) is 30.5. The molecule has 1 aromatic rings. The maximum absolute atomic E-state index is 11.2. The van der Waals surface area contributed by atoms with Crippen LogP contribution in [-0.4, -0.2) is 39.0 Å². The van der Waals surface area contributed by atoms with Crippen molar-refractivity contribution in [3.05, 3.63) is 27.8 Å². The molecule has 0 spiro atoms. The number of rotatable bonds is 0. The second-order valence-corrected chi connectivity index (χ2v) is 16.0. The molecule has 0 amide bonds. The first-order chi connectivity index (χ1) is 9.45. The van der Waals surface area contributed by atoms with Crippen LogP contribution in [0.5, 0.6) is 0 Å². The summed E-state index contributed by atoms with van der Waals surface area (Å²) >= 11 is -22.5. The molecule has 0 saturated carbocycles. The standard InChI is InChI=1S/C10H15.12FH.Rh.2Sb/c1-6-7(2)9(4)10(5)8(6)3;;;;;;;;;;;;;;;/h1-5H3;12*1H;;;/q-1;;;;;;;;;;;;;+3;2*+5/p-12. The summed E-state index contributed by atoms with van der Waals surface area (Å²) in [5.41, 5.74) is 7.34. The summed E-state index contributed by atoms with van der Waals surface area (Å²) in [5, 5.41) is 0. The molecule has 0 fully saturated rings. The molecule has 15 heteroatoms. The van der Waals surface area contributed by atoms with Crippen LogP contribution in [0.2, 0.25) is 0 Å². The molecule has 0 unspecified atom stereocenters. The van der Waals surface area contributed by atoms with E-state index in [9.17, 15) is 33.8 Å². The van der Waals surface area contributed by atoms with Crippen molar-refractivity contribution >= 4 is 39.0 Å². The van der Waals surface area contributed by atoms with Crippen molar-refractivity contribution in [2.45, 2.75) is 34.6 Å². The zero-order chi connectivity index (χ0) is 20.7. The van der Waals surface area contributed by atoms with Gasteiger partial charge in [0.25, 0.3) is 0 Å². The second-order valence-electron chi connectivity index (χ2n) is 5.04. The molecule has 0 bridgehead atoms. The van der Waals surface area contributed by atoms with E-state index in [1.165, 1.54) is 27.8 Å². The molecule has 0 aliphatic rings. The minimum absolute atomic E-state index is 0. The van der Waals surface area contributed by atoms with Gasteiger partial charge in [-0.05, 0) is 0 Å². The minimum atomic E-state index is -11.2. The van der Waals surface area contributed by atoms with Gasteiger partial charge in [0.15, 0.2) is 0 Å². The van der Waals surface area contributed by atoms with E-state index in [-0.39, 0.29) is 19.5 Å². The summed E-state index contributed by atoms with van der Waals surface area (Å²) in [5.74, 6) is 0. The topological polar surface area (TPSA) is 0 Å². The first-order valence-corrected chi connectivity index (χ1v) is 17.4. The normalized spacial score (nSPS) is 17.2. The molecule has 158 valence electrons. The Morgan fingerprint density at radius 1 is 0.520 bits per heavy atom. The van der Waals surface area contributed by atoms with Crippen LogP contribution in [0.3, 0.4) is 0 Å². The third-order valence-electron chi connectivity index (χ3n) is 2.81. The first-order valence-electron chi connectivity index (χ1n) is 5.78. The summed E-state index contributed by atoms with van der Waals surface area (Å²) in [4.78, 5) is 0. The van der Waals surface area contributed by atoms with Crippen LogP contribution in [0.25, 0.3) is 0 Å². The SMILES string of the molecule is Cc1c(C)c(C)[c-](C)c1C.[F][Sb-]([F])([F])([F])([F])[F].[F][Sb-]([F])([F])([F])([F])[F].[Rh+3]. The predicted octanol–water partition coefficient (Wildman–Crippen LogP) is 7.23. The average molecular weight is 710 g/mol. The van der Waals surface area contributed by atoms with Gasteiger partial charge in [0.2, 0.25) is 0 Å². The van der Waals surface area contributed by atoms with E-state index in [1.807, 2.05) is 0 Å². The van der Waals surface area contributed by atoms with E-state index >= 15 is 0 Å². The van der Waals surface area contributed by atoms with Crippen molar-refractivity contribution in [1.82, 2.24) is 0 Å². The van der Waals surface area contributed by atoms with Crippen molar-refractivity contribution in [2.24, 2.45) is 0 Å². The van der Waals surface area contributed by atoms with Gasteiger partial charge in [-0.25, -0.2) is 0 Å². The maximum Gasteiger partial charge on any atom is 3.00 e. The van der Waals surface area contributed by atoms with Crippen LogP contribution in [0.15, 0.2) is 0 Å². The van der Waals surface area contributed by atoms with Crippen LogP contribution >= 0.6 is 0 Å². The summed E-state index contributed by atoms with van der Waals surface area (Å²) in [7, 11) is 0. The van der Waals surface area contributed by atoms with E-state index in [2.05, 4.69) is 34.6 Å². The quantitative estimate of drug-likeness (QED) is 0.152. The third-order valence-corrected chi connectivity index (χ3v) is 2.81. The van der Waals surface area contributed by atoms with Gasteiger partial charge in [0.05, 0.1) is 0 Å². The molecule has 0 heterocycles. The fourth-order valence-corrected chi connectivity index (χ4v) is 1.41. The van der Waals surface area contributed by atoms with E-state index in [0.29, 0.717) is 0 Å². The van der Waals surface area contributed by atoms with E-state index in [0.717, 1.165) is 0 Å². The summed E-state index contributed by atoms with van der Waals surface area (Å²) in [6.07, 6.45) is 0. The predicted molar refractivity (Wildman–Crippen MR) is 70.5 cm³/mol. The maximum atomic E-state index is 9.93. The van der Waals surface area contributed by atoms with Crippen LogP contribution in [-0.2, 0) is 19.5 Å². The molecule has 0 aliphatic heterocycles. The Morgan fingerprint density at radius 2 is 0.640 bits per heavy atom. The van der Waals surface area contributed by atoms with Gasteiger partial charge in [-0.15, -0.1) is 0 Å². The fourth-order valence-electron chi connectivity index (χ4n) is 1.41. The van der Waals surface area contributed by atoms with Gasteiger partial charge in [-0.2, -0.15) is 27.8 Å². The monoisotopic (exact) mass is 708 g/mol. The van der Waals surface area contributed by atoms with Gasteiger partial charge in [-0.1, -0.05) is 34.6 Å². The van der Waals surface area contributed by atoms with E-state index < -0.39 is 39.0 Å². The molecule has 0 N–H and O–H groups in total. The minimum Gasteiger partial charge on any atom is 3.00 e. The zero-order valence-electron chi connectivity index (χ0n) is 13.3.